The van der Waals surface area contributed by atoms with E-state index in [0.717, 1.165) is 12.1 Å². The van der Waals surface area contributed by atoms with Gasteiger partial charge in [0.1, 0.15) is 12.8 Å². The van der Waals surface area contributed by atoms with Gasteiger partial charge in [0.25, 0.3) is 0 Å². The molecule has 2 unspecified atom stereocenters. The number of nitrogens with zero attached hydrogens (tertiary/aromatic N) is 1. The molecular weight excluding hydrogens is 401 g/mol. The van der Waals surface area contributed by atoms with Gasteiger partial charge in [-0.1, -0.05) is 0 Å². The molecule has 3 rings (SSSR count). The third kappa shape index (κ3) is 5.07. The molecule has 2 atom stereocenters. The van der Waals surface area contributed by atoms with Crippen LogP contribution in [0.4, 0.5) is 13.2 Å². The number of hydrogen-bond acceptors (Lipinski definition) is 6. The lowest BCUT2D eigenvalue weighted by atomic mass is 9.68. The van der Waals surface area contributed by atoms with Crippen molar-refractivity contribution in [1.29, 1.82) is 0 Å². The number of benzene rings is 1. The number of piperidine rings is 1. The van der Waals surface area contributed by atoms with E-state index in [9.17, 15) is 23.1 Å². The average molecular weight is 430 g/mol. The van der Waals surface area contributed by atoms with Crippen LogP contribution in [0.25, 0.3) is 0 Å². The molecule has 0 amide bonds. The molecule has 3 N–H and O–H groups in total. The van der Waals surface area contributed by atoms with Gasteiger partial charge in [-0.15, -0.1) is 0 Å². The van der Waals surface area contributed by atoms with Gasteiger partial charge < -0.3 is 20.3 Å². The van der Waals surface area contributed by atoms with E-state index >= 15 is 0 Å². The average Bonchev–Trinajstić information content (AvgIpc) is 2.70. The predicted octanol–water partition coefficient (Wildman–Crippen LogP) is 2.57. The van der Waals surface area contributed by atoms with E-state index < -0.39 is 41.1 Å². The first-order valence-electron chi connectivity index (χ1n) is 10.2. The highest BCUT2D eigenvalue weighted by molar-refractivity contribution is 5.66. The van der Waals surface area contributed by atoms with E-state index in [-0.39, 0.29) is 24.4 Å². The van der Waals surface area contributed by atoms with Crippen LogP contribution in [-0.2, 0) is 9.53 Å². The number of hydrogen-bond donors (Lipinski definition) is 2. The van der Waals surface area contributed by atoms with E-state index in [2.05, 4.69) is 0 Å². The molecule has 1 heterocycles. The summed E-state index contributed by atoms with van der Waals surface area (Å²) in [5.41, 5.74) is 5.58. The molecule has 0 spiro atoms. The number of aliphatic hydroxyl groups is 1. The van der Waals surface area contributed by atoms with Crippen molar-refractivity contribution in [2.45, 2.75) is 57.4 Å². The van der Waals surface area contributed by atoms with E-state index in [1.54, 1.807) is 6.92 Å². The summed E-state index contributed by atoms with van der Waals surface area (Å²) in [4.78, 5) is 12.9. The predicted molar refractivity (Wildman–Crippen MR) is 103 cm³/mol. The molecule has 0 aromatic heterocycles. The molecule has 2 aliphatic rings. The van der Waals surface area contributed by atoms with Crippen LogP contribution in [0.1, 0.15) is 39.5 Å². The van der Waals surface area contributed by atoms with Crippen molar-refractivity contribution < 1.29 is 32.5 Å². The largest absolute Gasteiger partial charge is 0.484 e. The summed E-state index contributed by atoms with van der Waals surface area (Å²) >= 11 is 0. The van der Waals surface area contributed by atoms with Crippen LogP contribution in [-0.4, -0.2) is 53.5 Å². The minimum Gasteiger partial charge on any atom is -0.484 e. The van der Waals surface area contributed by atoms with Crippen molar-refractivity contribution in [3.05, 3.63) is 29.6 Å². The standard InChI is InChI=1S/C21H29F3N2O4/c1-12(30-19-17(23)4-3-16(22)18(19)24)14-5-7-26(8-6-14)20(28)15-9-21(25,10-15)11-29-13(2)27/h3-4,12,14-15,20,28H,5-11,25H2,1-2H3. The Morgan fingerprint density at radius 1 is 1.23 bits per heavy atom. The lowest BCUT2D eigenvalue weighted by Crippen LogP contribution is -2.61. The summed E-state index contributed by atoms with van der Waals surface area (Å²) in [6.45, 7) is 4.40. The normalized spacial score (nSPS) is 27.2. The molecule has 1 aliphatic heterocycles. The van der Waals surface area contributed by atoms with Crippen molar-refractivity contribution in [3.63, 3.8) is 0 Å². The summed E-state index contributed by atoms with van der Waals surface area (Å²) in [5.74, 6) is -4.44. The van der Waals surface area contributed by atoms with Crippen molar-refractivity contribution in [3.8, 4) is 5.75 Å². The molecule has 1 saturated heterocycles. The molecule has 1 aromatic rings. The van der Waals surface area contributed by atoms with Gasteiger partial charge in [0.05, 0.1) is 11.6 Å². The number of nitrogens with two attached hydrogens (primary N) is 1. The highest BCUT2D eigenvalue weighted by atomic mass is 19.2. The first kappa shape index (κ1) is 22.8. The fourth-order valence-corrected chi connectivity index (χ4v) is 4.41. The van der Waals surface area contributed by atoms with Gasteiger partial charge in [-0.05, 0) is 50.7 Å². The number of rotatable bonds is 7. The second-order valence-corrected chi connectivity index (χ2v) is 8.59. The summed E-state index contributed by atoms with van der Waals surface area (Å²) in [6.07, 6.45) is 1.33. The monoisotopic (exact) mass is 430 g/mol. The van der Waals surface area contributed by atoms with Crippen LogP contribution in [0, 0.1) is 29.3 Å². The Balaban J connectivity index is 1.47. The fourth-order valence-electron chi connectivity index (χ4n) is 4.41. The first-order valence-corrected chi connectivity index (χ1v) is 10.2. The Hall–Kier alpha value is -1.84. The van der Waals surface area contributed by atoms with Crippen LogP contribution in [0.2, 0.25) is 0 Å². The number of carbonyl (C=O) groups excluding carboxylic acids is 1. The molecule has 1 aromatic carbocycles. The van der Waals surface area contributed by atoms with Crippen LogP contribution in [0.5, 0.6) is 5.75 Å². The highest BCUT2D eigenvalue weighted by Crippen LogP contribution is 2.40. The summed E-state index contributed by atoms with van der Waals surface area (Å²) in [5, 5.41) is 10.7. The van der Waals surface area contributed by atoms with E-state index in [4.69, 9.17) is 15.2 Å². The Kier molecular flexibility index (Phi) is 6.94. The highest BCUT2D eigenvalue weighted by Gasteiger charge is 2.47. The molecule has 6 nitrogen and oxygen atoms in total. The summed E-state index contributed by atoms with van der Waals surface area (Å²) < 4.78 is 51.4. The van der Waals surface area contributed by atoms with Crippen LogP contribution < -0.4 is 10.5 Å². The van der Waals surface area contributed by atoms with Crippen LogP contribution in [0.3, 0.4) is 0 Å². The topological polar surface area (TPSA) is 85.0 Å². The number of likely N-dealkylation sites (tertiary alicyclic amines) is 1. The molecule has 2 fully saturated rings. The third-order valence-electron chi connectivity index (χ3n) is 6.24. The minimum absolute atomic E-state index is 0.00580. The summed E-state index contributed by atoms with van der Waals surface area (Å²) in [7, 11) is 0. The maximum absolute atomic E-state index is 13.8. The number of aliphatic hydroxyl groups excluding tert-OH is 1. The second kappa shape index (κ2) is 9.11. The Morgan fingerprint density at radius 3 is 2.43 bits per heavy atom. The van der Waals surface area contributed by atoms with Gasteiger partial charge in [0, 0.05) is 25.9 Å². The number of halogens is 3. The Morgan fingerprint density at radius 2 is 1.83 bits per heavy atom. The van der Waals surface area contributed by atoms with Crippen molar-refractivity contribution in [2.24, 2.45) is 17.6 Å². The van der Waals surface area contributed by atoms with Crippen LogP contribution >= 0.6 is 0 Å². The van der Waals surface area contributed by atoms with Gasteiger partial charge in [-0.25, -0.2) is 8.78 Å². The Labute approximate surface area is 174 Å². The van der Waals surface area contributed by atoms with Gasteiger partial charge >= 0.3 is 5.97 Å². The van der Waals surface area contributed by atoms with E-state index in [0.29, 0.717) is 38.8 Å². The SMILES string of the molecule is CC(=O)OCC1(N)CC(C(O)N2CCC(C(C)Oc3c(F)ccc(F)c3F)CC2)C1. The zero-order chi connectivity index (χ0) is 22.1. The zero-order valence-corrected chi connectivity index (χ0v) is 17.2. The molecule has 1 saturated carbocycles. The molecule has 168 valence electrons. The number of carbonyl (C=O) groups is 1. The lowest BCUT2D eigenvalue weighted by molar-refractivity contribution is -0.148. The maximum Gasteiger partial charge on any atom is 0.302 e. The van der Waals surface area contributed by atoms with E-state index in [1.807, 2.05) is 4.90 Å². The lowest BCUT2D eigenvalue weighted by Gasteiger charge is -2.49. The number of esters is 1. The van der Waals surface area contributed by atoms with Gasteiger partial charge in [-0.3, -0.25) is 9.69 Å². The maximum atomic E-state index is 13.8. The molecule has 30 heavy (non-hydrogen) atoms. The van der Waals surface area contributed by atoms with Crippen molar-refractivity contribution >= 4 is 5.97 Å². The quantitative estimate of drug-likeness (QED) is 0.511. The fraction of sp³-hybridized carbons (Fsp3) is 0.667. The first-order chi connectivity index (χ1) is 14.1. The molecule has 1 aliphatic carbocycles. The molecule has 9 heteroatoms. The molecule has 0 bridgehead atoms. The molecular formula is C21H29F3N2O4. The van der Waals surface area contributed by atoms with Crippen molar-refractivity contribution in [1.82, 2.24) is 4.90 Å². The van der Waals surface area contributed by atoms with Gasteiger partial charge in [0.15, 0.2) is 17.4 Å². The number of ether oxygens (including phenoxy) is 2. The zero-order valence-electron chi connectivity index (χ0n) is 17.2. The smallest absolute Gasteiger partial charge is 0.302 e. The molecule has 0 radical (unpaired) electrons. The van der Waals surface area contributed by atoms with Crippen molar-refractivity contribution in [2.75, 3.05) is 19.7 Å². The van der Waals surface area contributed by atoms with Gasteiger partial charge in [0.2, 0.25) is 5.82 Å². The summed E-state index contributed by atoms with van der Waals surface area (Å²) in [6, 6.07) is 1.57. The van der Waals surface area contributed by atoms with Crippen LogP contribution in [0.15, 0.2) is 12.1 Å². The van der Waals surface area contributed by atoms with E-state index in [1.165, 1.54) is 6.92 Å². The Bertz CT molecular complexity index is 765. The second-order valence-electron chi connectivity index (χ2n) is 8.59. The minimum atomic E-state index is -1.32. The van der Waals surface area contributed by atoms with Gasteiger partial charge in [-0.2, -0.15) is 4.39 Å². The third-order valence-corrected chi connectivity index (χ3v) is 6.24.